The molecule has 3 N–H and O–H groups in total. The fraction of sp³-hybridized carbons (Fsp3) is 0.727. The molecule has 0 aromatic heterocycles. The van der Waals surface area contributed by atoms with Gasteiger partial charge in [-0.05, 0) is 0 Å². The predicted octanol–water partition coefficient (Wildman–Crippen LogP) is -1.02. The number of carbonyl (C=O) groups excluding carboxylic acids is 1. The summed E-state index contributed by atoms with van der Waals surface area (Å²) in [6, 6.07) is 0. The number of esters is 1. The van der Waals surface area contributed by atoms with Gasteiger partial charge in [-0.1, -0.05) is 6.08 Å². The summed E-state index contributed by atoms with van der Waals surface area (Å²) in [5.41, 5.74) is -1.82. The molecule has 0 spiro atoms. The second-order valence-corrected chi connectivity index (χ2v) is 4.15. The summed E-state index contributed by atoms with van der Waals surface area (Å²) in [5, 5.41) is 29.3. The van der Waals surface area contributed by atoms with Gasteiger partial charge in [0.15, 0.2) is 5.60 Å². The van der Waals surface area contributed by atoms with Gasteiger partial charge in [0.1, 0.15) is 6.10 Å². The zero-order valence-electron chi connectivity index (χ0n) is 9.70. The van der Waals surface area contributed by atoms with Crippen LogP contribution in [0.2, 0.25) is 0 Å². The lowest BCUT2D eigenvalue weighted by Crippen LogP contribution is -2.57. The minimum atomic E-state index is -1.82. The number of hydrogen-bond acceptors (Lipinski definition) is 6. The quantitative estimate of drug-likeness (QED) is 0.434. The summed E-state index contributed by atoms with van der Waals surface area (Å²) in [6.45, 7) is 3.61. The van der Waals surface area contributed by atoms with Crippen molar-refractivity contribution >= 4 is 5.97 Å². The minimum Gasteiger partial charge on any atom is -0.467 e. The van der Waals surface area contributed by atoms with Crippen LogP contribution in [0.4, 0.5) is 0 Å². The Hall–Kier alpha value is -0.950. The van der Waals surface area contributed by atoms with Crippen molar-refractivity contribution in [3.05, 3.63) is 12.7 Å². The van der Waals surface area contributed by atoms with Gasteiger partial charge in [-0.25, -0.2) is 4.79 Å². The molecule has 1 fully saturated rings. The lowest BCUT2D eigenvalue weighted by Gasteiger charge is -2.40. The fourth-order valence-electron chi connectivity index (χ4n) is 1.96. The van der Waals surface area contributed by atoms with E-state index in [1.54, 1.807) is 0 Å². The van der Waals surface area contributed by atoms with Crippen LogP contribution in [0.25, 0.3) is 0 Å². The molecule has 0 unspecified atom stereocenters. The molecule has 0 radical (unpaired) electrons. The van der Waals surface area contributed by atoms with Gasteiger partial charge in [0.05, 0.1) is 25.9 Å². The Kier molecular flexibility index (Phi) is 4.64. The Labute approximate surface area is 99.5 Å². The summed E-state index contributed by atoms with van der Waals surface area (Å²) in [6.07, 6.45) is -2.12. The smallest absolute Gasteiger partial charge is 0.338 e. The van der Waals surface area contributed by atoms with Crippen LogP contribution in [-0.4, -0.2) is 58.9 Å². The molecule has 1 aliphatic carbocycles. The molecule has 6 nitrogen and oxygen atoms in total. The second-order valence-electron chi connectivity index (χ2n) is 4.15. The van der Waals surface area contributed by atoms with Gasteiger partial charge in [0.25, 0.3) is 0 Å². The van der Waals surface area contributed by atoms with Crippen LogP contribution >= 0.6 is 0 Å². The highest BCUT2D eigenvalue weighted by atomic mass is 16.5. The maximum Gasteiger partial charge on any atom is 0.338 e. The number of aliphatic hydroxyl groups excluding tert-OH is 2. The number of rotatable bonds is 4. The Balaban J connectivity index is 2.78. The molecular formula is C11H18O6. The third-order valence-electron chi connectivity index (χ3n) is 2.85. The highest BCUT2D eigenvalue weighted by Gasteiger charge is 2.49. The van der Waals surface area contributed by atoms with Gasteiger partial charge in [-0.3, -0.25) is 0 Å². The van der Waals surface area contributed by atoms with Crippen molar-refractivity contribution in [2.45, 2.75) is 36.8 Å². The summed E-state index contributed by atoms with van der Waals surface area (Å²) >= 11 is 0. The van der Waals surface area contributed by atoms with E-state index in [0.29, 0.717) is 0 Å². The molecule has 0 aromatic carbocycles. The van der Waals surface area contributed by atoms with Crippen LogP contribution in [-0.2, 0) is 14.3 Å². The van der Waals surface area contributed by atoms with Gasteiger partial charge in [0, 0.05) is 12.8 Å². The van der Waals surface area contributed by atoms with Crippen molar-refractivity contribution in [2.24, 2.45) is 0 Å². The molecule has 1 aliphatic rings. The standard InChI is InChI=1S/C11H18O6/c1-3-4-17-8-6-11(15,10(14)16-2)5-7(12)9(8)13/h3,7-9,12-13,15H,1,4-6H2,2H3/t7-,8+,9+,11-/m1/s1. The number of aliphatic hydroxyl groups is 3. The number of methoxy groups -OCH3 is 1. The predicted molar refractivity (Wildman–Crippen MR) is 58.2 cm³/mol. The second kappa shape index (κ2) is 5.59. The molecule has 0 saturated heterocycles. The molecule has 0 aliphatic heterocycles. The molecule has 0 amide bonds. The topological polar surface area (TPSA) is 96.2 Å². The van der Waals surface area contributed by atoms with Crippen molar-refractivity contribution in [3.63, 3.8) is 0 Å². The maximum absolute atomic E-state index is 11.4. The van der Waals surface area contributed by atoms with E-state index in [2.05, 4.69) is 11.3 Å². The van der Waals surface area contributed by atoms with E-state index < -0.39 is 29.9 Å². The summed E-state index contributed by atoms with van der Waals surface area (Å²) in [5.74, 6) is -0.837. The largest absolute Gasteiger partial charge is 0.467 e. The maximum atomic E-state index is 11.4. The summed E-state index contributed by atoms with van der Waals surface area (Å²) in [4.78, 5) is 11.4. The molecule has 0 aromatic rings. The molecule has 1 saturated carbocycles. The monoisotopic (exact) mass is 246 g/mol. The van der Waals surface area contributed by atoms with E-state index in [4.69, 9.17) is 4.74 Å². The average molecular weight is 246 g/mol. The lowest BCUT2D eigenvalue weighted by molar-refractivity contribution is -0.195. The first-order valence-electron chi connectivity index (χ1n) is 5.34. The van der Waals surface area contributed by atoms with E-state index >= 15 is 0 Å². The van der Waals surface area contributed by atoms with E-state index in [-0.39, 0.29) is 19.4 Å². The summed E-state index contributed by atoms with van der Waals surface area (Å²) < 4.78 is 9.68. The lowest BCUT2D eigenvalue weighted by atomic mass is 9.79. The van der Waals surface area contributed by atoms with Crippen molar-refractivity contribution in [1.29, 1.82) is 0 Å². The summed E-state index contributed by atoms with van der Waals surface area (Å²) in [7, 11) is 1.15. The molecular weight excluding hydrogens is 228 g/mol. The highest BCUT2D eigenvalue weighted by molar-refractivity contribution is 5.79. The average Bonchev–Trinajstić information content (AvgIpc) is 2.31. The van der Waals surface area contributed by atoms with Crippen LogP contribution < -0.4 is 0 Å². The third kappa shape index (κ3) is 3.04. The first-order valence-corrected chi connectivity index (χ1v) is 5.34. The van der Waals surface area contributed by atoms with Crippen molar-refractivity contribution < 1.29 is 29.6 Å². The molecule has 0 heterocycles. The van der Waals surface area contributed by atoms with Crippen molar-refractivity contribution in [1.82, 2.24) is 0 Å². The first-order chi connectivity index (χ1) is 7.94. The Morgan fingerprint density at radius 2 is 2.18 bits per heavy atom. The van der Waals surface area contributed by atoms with Crippen LogP contribution in [0.5, 0.6) is 0 Å². The van der Waals surface area contributed by atoms with E-state index in [1.165, 1.54) is 6.08 Å². The molecule has 1 rings (SSSR count). The van der Waals surface area contributed by atoms with Crippen LogP contribution in [0, 0.1) is 0 Å². The van der Waals surface area contributed by atoms with Crippen molar-refractivity contribution in [2.75, 3.05) is 13.7 Å². The Morgan fingerprint density at radius 3 is 2.71 bits per heavy atom. The number of ether oxygens (including phenoxy) is 2. The van der Waals surface area contributed by atoms with Gasteiger partial charge in [0.2, 0.25) is 0 Å². The zero-order valence-corrected chi connectivity index (χ0v) is 9.70. The molecule has 6 heteroatoms. The first kappa shape index (κ1) is 14.1. The molecule has 4 atom stereocenters. The molecule has 98 valence electrons. The number of carbonyl (C=O) groups is 1. The van der Waals surface area contributed by atoms with Gasteiger partial charge >= 0.3 is 5.97 Å². The molecule has 0 bridgehead atoms. The fourth-order valence-corrected chi connectivity index (χ4v) is 1.96. The SMILES string of the molecule is C=CCO[C@H]1C[C@@](O)(C(=O)OC)C[C@@H](O)[C@@H]1O. The zero-order chi connectivity index (χ0) is 13.1. The van der Waals surface area contributed by atoms with Gasteiger partial charge < -0.3 is 24.8 Å². The van der Waals surface area contributed by atoms with Crippen LogP contribution in [0.1, 0.15) is 12.8 Å². The van der Waals surface area contributed by atoms with E-state index in [9.17, 15) is 20.1 Å². The molecule has 17 heavy (non-hydrogen) atoms. The normalized spacial score (nSPS) is 37.5. The number of hydrogen-bond donors (Lipinski definition) is 3. The minimum absolute atomic E-state index is 0.119. The highest BCUT2D eigenvalue weighted by Crippen LogP contribution is 2.31. The van der Waals surface area contributed by atoms with E-state index in [0.717, 1.165) is 7.11 Å². The Bertz CT molecular complexity index is 292. The third-order valence-corrected chi connectivity index (χ3v) is 2.85. The van der Waals surface area contributed by atoms with Crippen LogP contribution in [0.15, 0.2) is 12.7 Å². The van der Waals surface area contributed by atoms with Gasteiger partial charge in [-0.15, -0.1) is 6.58 Å². The Morgan fingerprint density at radius 1 is 1.53 bits per heavy atom. The van der Waals surface area contributed by atoms with E-state index in [1.807, 2.05) is 0 Å². The van der Waals surface area contributed by atoms with Crippen molar-refractivity contribution in [3.8, 4) is 0 Å². The van der Waals surface area contributed by atoms with Crippen LogP contribution in [0.3, 0.4) is 0 Å². The van der Waals surface area contributed by atoms with Gasteiger partial charge in [-0.2, -0.15) is 0 Å².